The molecule has 1 amide bonds. The van der Waals surface area contributed by atoms with Crippen LogP contribution in [-0.4, -0.2) is 49.8 Å². The van der Waals surface area contributed by atoms with E-state index in [4.69, 9.17) is 14.2 Å². The highest BCUT2D eigenvalue weighted by Gasteiger charge is 2.18. The third kappa shape index (κ3) is 4.29. The van der Waals surface area contributed by atoms with Crippen LogP contribution in [0.5, 0.6) is 5.75 Å². The third-order valence-electron chi connectivity index (χ3n) is 4.32. The van der Waals surface area contributed by atoms with Crippen molar-refractivity contribution >= 4 is 22.8 Å². The molecular weight excluding hydrogens is 336 g/mol. The predicted octanol–water partition coefficient (Wildman–Crippen LogP) is 2.00. The molecule has 0 saturated carbocycles. The molecule has 2 aromatic rings. The second-order valence-corrected chi connectivity index (χ2v) is 6.20. The Morgan fingerprint density at radius 2 is 2.19 bits per heavy atom. The van der Waals surface area contributed by atoms with E-state index in [1.165, 1.54) is 0 Å². The van der Waals surface area contributed by atoms with Crippen LogP contribution in [0.1, 0.15) is 28.9 Å². The molecule has 1 aromatic heterocycles. The van der Waals surface area contributed by atoms with Crippen molar-refractivity contribution in [3.05, 3.63) is 35.5 Å². The summed E-state index contributed by atoms with van der Waals surface area (Å²) in [6.45, 7) is 2.57. The van der Waals surface area contributed by atoms with Gasteiger partial charge in [-0.05, 0) is 38.0 Å². The van der Waals surface area contributed by atoms with Gasteiger partial charge in [-0.1, -0.05) is 0 Å². The van der Waals surface area contributed by atoms with Gasteiger partial charge in [-0.2, -0.15) is 0 Å². The fourth-order valence-electron chi connectivity index (χ4n) is 2.87. The Balaban J connectivity index is 1.60. The quantitative estimate of drug-likeness (QED) is 0.795. The molecule has 0 spiro atoms. The van der Waals surface area contributed by atoms with E-state index in [2.05, 4.69) is 10.3 Å². The highest BCUT2D eigenvalue weighted by Crippen LogP contribution is 2.22. The van der Waals surface area contributed by atoms with Crippen LogP contribution >= 0.6 is 0 Å². The summed E-state index contributed by atoms with van der Waals surface area (Å²) in [4.78, 5) is 28.6. The minimum Gasteiger partial charge on any atom is -0.497 e. The number of esters is 1. The second-order valence-electron chi connectivity index (χ2n) is 6.20. The van der Waals surface area contributed by atoms with Gasteiger partial charge in [0.2, 0.25) is 0 Å². The number of hydrogen-bond donors (Lipinski definition) is 1. The van der Waals surface area contributed by atoms with Crippen molar-refractivity contribution in [1.29, 1.82) is 0 Å². The van der Waals surface area contributed by atoms with E-state index >= 15 is 0 Å². The zero-order valence-electron chi connectivity index (χ0n) is 14.9. The number of aryl methyl sites for hydroxylation is 1. The molecule has 1 aromatic carbocycles. The molecule has 0 aliphatic carbocycles. The highest BCUT2D eigenvalue weighted by atomic mass is 16.5. The van der Waals surface area contributed by atoms with Gasteiger partial charge in [-0.25, -0.2) is 4.79 Å². The van der Waals surface area contributed by atoms with Crippen LogP contribution < -0.4 is 10.1 Å². The number of carbonyl (C=O) groups is 2. The van der Waals surface area contributed by atoms with Gasteiger partial charge in [0.25, 0.3) is 5.91 Å². The SMILES string of the molecule is COc1ccc2cc(C(=O)OCC(=O)NC[C@H]3CCCO3)c(C)nc2c1. The Kier molecular flexibility index (Phi) is 5.68. The molecule has 138 valence electrons. The van der Waals surface area contributed by atoms with E-state index in [0.29, 0.717) is 23.6 Å². The van der Waals surface area contributed by atoms with Gasteiger partial charge < -0.3 is 19.5 Å². The molecule has 7 heteroatoms. The van der Waals surface area contributed by atoms with Crippen LogP contribution in [-0.2, 0) is 14.3 Å². The summed E-state index contributed by atoms with van der Waals surface area (Å²) < 4.78 is 15.7. The molecule has 1 saturated heterocycles. The van der Waals surface area contributed by atoms with E-state index in [-0.39, 0.29) is 18.6 Å². The molecule has 3 rings (SSSR count). The monoisotopic (exact) mass is 358 g/mol. The summed E-state index contributed by atoms with van der Waals surface area (Å²) in [6.07, 6.45) is 2.00. The predicted molar refractivity (Wildman–Crippen MR) is 95.3 cm³/mol. The summed E-state index contributed by atoms with van der Waals surface area (Å²) in [7, 11) is 1.59. The topological polar surface area (TPSA) is 86.8 Å². The standard InChI is InChI=1S/C19H22N2O5/c1-12-16(8-13-5-6-14(24-2)9-17(13)21-12)19(23)26-11-18(22)20-10-15-4-3-7-25-15/h5-6,8-9,15H,3-4,7,10-11H2,1-2H3,(H,20,22)/t15-/m1/s1. The van der Waals surface area contributed by atoms with Gasteiger partial charge in [0.05, 0.1) is 30.0 Å². The van der Waals surface area contributed by atoms with Crippen molar-refractivity contribution in [1.82, 2.24) is 10.3 Å². The van der Waals surface area contributed by atoms with Crippen molar-refractivity contribution < 1.29 is 23.8 Å². The molecule has 1 N–H and O–H groups in total. The maximum absolute atomic E-state index is 12.3. The second kappa shape index (κ2) is 8.14. The first-order valence-corrected chi connectivity index (χ1v) is 8.57. The lowest BCUT2D eigenvalue weighted by molar-refractivity contribution is -0.124. The number of rotatable bonds is 6. The Labute approximate surface area is 151 Å². The van der Waals surface area contributed by atoms with Crippen molar-refractivity contribution in [2.75, 3.05) is 26.9 Å². The number of hydrogen-bond acceptors (Lipinski definition) is 6. The van der Waals surface area contributed by atoms with Gasteiger partial charge in [0, 0.05) is 24.6 Å². The fourth-order valence-corrected chi connectivity index (χ4v) is 2.87. The van der Waals surface area contributed by atoms with Gasteiger partial charge in [0.1, 0.15) is 5.75 Å². The largest absolute Gasteiger partial charge is 0.497 e. The Hall–Kier alpha value is -2.67. The van der Waals surface area contributed by atoms with Gasteiger partial charge in [0.15, 0.2) is 6.61 Å². The van der Waals surface area contributed by atoms with Gasteiger partial charge in [-0.3, -0.25) is 9.78 Å². The van der Waals surface area contributed by atoms with E-state index in [1.54, 1.807) is 32.2 Å². The number of ether oxygens (including phenoxy) is 3. The van der Waals surface area contributed by atoms with E-state index in [0.717, 1.165) is 30.4 Å². The van der Waals surface area contributed by atoms with Crippen molar-refractivity contribution in [2.24, 2.45) is 0 Å². The normalized spacial score (nSPS) is 16.5. The first-order valence-electron chi connectivity index (χ1n) is 8.57. The van der Waals surface area contributed by atoms with E-state index in [1.807, 2.05) is 6.07 Å². The Bertz CT molecular complexity index is 815. The molecule has 1 atom stereocenters. The average molecular weight is 358 g/mol. The average Bonchev–Trinajstić information content (AvgIpc) is 3.17. The van der Waals surface area contributed by atoms with Crippen LogP contribution in [0.15, 0.2) is 24.3 Å². The van der Waals surface area contributed by atoms with Gasteiger partial charge in [-0.15, -0.1) is 0 Å². The molecular formula is C19H22N2O5. The zero-order chi connectivity index (χ0) is 18.5. The fraction of sp³-hybridized carbons (Fsp3) is 0.421. The molecule has 1 aliphatic heterocycles. The Morgan fingerprint density at radius 1 is 1.35 bits per heavy atom. The molecule has 26 heavy (non-hydrogen) atoms. The number of methoxy groups -OCH3 is 1. The summed E-state index contributed by atoms with van der Waals surface area (Å²) in [5.41, 5.74) is 1.61. The molecule has 7 nitrogen and oxygen atoms in total. The molecule has 0 unspecified atom stereocenters. The number of aromatic nitrogens is 1. The minimum absolute atomic E-state index is 0.0542. The smallest absolute Gasteiger partial charge is 0.340 e. The maximum atomic E-state index is 12.3. The van der Waals surface area contributed by atoms with Crippen LogP contribution in [0.25, 0.3) is 10.9 Å². The number of fused-ring (bicyclic) bond motifs is 1. The molecule has 1 fully saturated rings. The molecule has 0 radical (unpaired) electrons. The lowest BCUT2D eigenvalue weighted by Crippen LogP contribution is -2.34. The van der Waals surface area contributed by atoms with Crippen molar-refractivity contribution in [3.8, 4) is 5.75 Å². The minimum atomic E-state index is -0.569. The van der Waals surface area contributed by atoms with Gasteiger partial charge >= 0.3 is 5.97 Å². The summed E-state index contributed by atoms with van der Waals surface area (Å²) in [5, 5.41) is 3.52. The number of nitrogens with one attached hydrogen (secondary N) is 1. The van der Waals surface area contributed by atoms with E-state index in [9.17, 15) is 9.59 Å². The highest BCUT2D eigenvalue weighted by molar-refractivity contribution is 5.96. The number of nitrogens with zero attached hydrogens (tertiary/aromatic N) is 1. The number of benzene rings is 1. The number of carbonyl (C=O) groups excluding carboxylic acids is 2. The van der Waals surface area contributed by atoms with E-state index < -0.39 is 5.97 Å². The van der Waals surface area contributed by atoms with Crippen molar-refractivity contribution in [3.63, 3.8) is 0 Å². The number of amides is 1. The zero-order valence-corrected chi connectivity index (χ0v) is 14.9. The molecule has 2 heterocycles. The Morgan fingerprint density at radius 3 is 2.92 bits per heavy atom. The lowest BCUT2D eigenvalue weighted by Gasteiger charge is -2.11. The first-order chi connectivity index (χ1) is 12.6. The maximum Gasteiger partial charge on any atom is 0.340 e. The third-order valence-corrected chi connectivity index (χ3v) is 4.32. The number of pyridine rings is 1. The molecule has 1 aliphatic rings. The first kappa shape index (κ1) is 18.1. The summed E-state index contributed by atoms with van der Waals surface area (Å²) in [6, 6.07) is 7.14. The summed E-state index contributed by atoms with van der Waals surface area (Å²) in [5.74, 6) is -0.215. The van der Waals surface area contributed by atoms with Crippen LogP contribution in [0, 0.1) is 6.92 Å². The van der Waals surface area contributed by atoms with Crippen LogP contribution in [0.2, 0.25) is 0 Å². The lowest BCUT2D eigenvalue weighted by atomic mass is 10.1. The van der Waals surface area contributed by atoms with Crippen LogP contribution in [0.4, 0.5) is 0 Å². The van der Waals surface area contributed by atoms with Crippen molar-refractivity contribution in [2.45, 2.75) is 25.9 Å². The molecule has 0 bridgehead atoms. The van der Waals surface area contributed by atoms with Crippen LogP contribution in [0.3, 0.4) is 0 Å². The summed E-state index contributed by atoms with van der Waals surface area (Å²) >= 11 is 0.